The molecule has 1 N–H and O–H groups in total. The van der Waals surface area contributed by atoms with Gasteiger partial charge in [0.05, 0.1) is 0 Å². The van der Waals surface area contributed by atoms with Crippen molar-refractivity contribution in [2.75, 3.05) is 0 Å². The average Bonchev–Trinajstić information content (AvgIpc) is 2.71. The zero-order valence-corrected chi connectivity index (χ0v) is 6.90. The largest absolute Gasteiger partial charge is 0.475 e. The first-order valence-electron chi connectivity index (χ1n) is 3.69. The highest BCUT2D eigenvalue weighted by atomic mass is 16.4. The number of carbonyl (C=O) groups is 1. The van der Waals surface area contributed by atoms with Crippen molar-refractivity contribution in [3.8, 4) is 5.82 Å². The lowest BCUT2D eigenvalue weighted by Gasteiger charge is -1.98. The number of hydrogen-bond acceptors (Lipinski definition) is 5. The molecule has 0 fully saturated rings. The molecule has 2 heterocycles. The Bertz CT molecular complexity index is 453. The molecule has 0 atom stereocenters. The van der Waals surface area contributed by atoms with Gasteiger partial charge in [0.2, 0.25) is 5.82 Å². The summed E-state index contributed by atoms with van der Waals surface area (Å²) in [5, 5.41) is 12.4. The fourth-order valence-electron chi connectivity index (χ4n) is 0.906. The van der Waals surface area contributed by atoms with Gasteiger partial charge in [-0.3, -0.25) is 0 Å². The van der Waals surface area contributed by atoms with Crippen LogP contribution in [0.4, 0.5) is 0 Å². The van der Waals surface area contributed by atoms with E-state index in [-0.39, 0.29) is 5.82 Å². The molecule has 7 nitrogen and oxygen atoms in total. The molecule has 0 radical (unpaired) electrons. The maximum Gasteiger partial charge on any atom is 0.374 e. The molecule has 2 aromatic rings. The van der Waals surface area contributed by atoms with Gasteiger partial charge in [0.25, 0.3) is 0 Å². The maximum absolute atomic E-state index is 10.6. The van der Waals surface area contributed by atoms with Crippen molar-refractivity contribution < 1.29 is 9.90 Å². The van der Waals surface area contributed by atoms with E-state index in [9.17, 15) is 4.79 Å². The Hall–Kier alpha value is -2.31. The standard InChI is InChI=1S/C7H5N5O2/c13-7(14)6-9-2-1-5(11-6)12-4-8-3-10-12/h1-4H,(H,13,14). The van der Waals surface area contributed by atoms with E-state index in [0.29, 0.717) is 5.82 Å². The van der Waals surface area contributed by atoms with Gasteiger partial charge in [-0.1, -0.05) is 0 Å². The van der Waals surface area contributed by atoms with Gasteiger partial charge in [-0.05, 0) is 0 Å². The van der Waals surface area contributed by atoms with E-state index in [1.165, 1.54) is 23.5 Å². The molecule has 0 spiro atoms. The molecule has 2 rings (SSSR count). The van der Waals surface area contributed by atoms with Gasteiger partial charge in [0.15, 0.2) is 5.82 Å². The van der Waals surface area contributed by atoms with Crippen LogP contribution in [-0.4, -0.2) is 35.8 Å². The van der Waals surface area contributed by atoms with Crippen molar-refractivity contribution in [1.29, 1.82) is 0 Å². The molecule has 14 heavy (non-hydrogen) atoms. The van der Waals surface area contributed by atoms with Crippen molar-refractivity contribution in [2.45, 2.75) is 0 Å². The number of nitrogens with zero attached hydrogens (tertiary/aromatic N) is 5. The summed E-state index contributed by atoms with van der Waals surface area (Å²) in [5.41, 5.74) is 0. The summed E-state index contributed by atoms with van der Waals surface area (Å²) in [4.78, 5) is 21.6. The third-order valence-corrected chi connectivity index (χ3v) is 1.49. The Morgan fingerprint density at radius 2 is 2.36 bits per heavy atom. The minimum atomic E-state index is -1.17. The Morgan fingerprint density at radius 1 is 1.50 bits per heavy atom. The van der Waals surface area contributed by atoms with E-state index in [4.69, 9.17) is 5.11 Å². The molecular weight excluding hydrogens is 186 g/mol. The van der Waals surface area contributed by atoms with Crippen molar-refractivity contribution in [3.63, 3.8) is 0 Å². The van der Waals surface area contributed by atoms with Crippen LogP contribution in [0.3, 0.4) is 0 Å². The molecule has 0 aliphatic carbocycles. The third kappa shape index (κ3) is 1.42. The summed E-state index contributed by atoms with van der Waals surface area (Å²) in [6.07, 6.45) is 4.12. The van der Waals surface area contributed by atoms with E-state index in [0.717, 1.165) is 0 Å². The van der Waals surface area contributed by atoms with E-state index in [2.05, 4.69) is 20.1 Å². The zero-order chi connectivity index (χ0) is 9.97. The molecule has 0 bridgehead atoms. The zero-order valence-electron chi connectivity index (χ0n) is 6.90. The predicted molar refractivity (Wildman–Crippen MR) is 43.9 cm³/mol. The maximum atomic E-state index is 10.6. The fraction of sp³-hybridized carbons (Fsp3) is 0. The molecule has 70 valence electrons. The van der Waals surface area contributed by atoms with Gasteiger partial charge < -0.3 is 5.11 Å². The summed E-state index contributed by atoms with van der Waals surface area (Å²) in [6.45, 7) is 0. The second kappa shape index (κ2) is 3.21. The van der Waals surface area contributed by atoms with Crippen LogP contribution in [0.25, 0.3) is 5.82 Å². The van der Waals surface area contributed by atoms with Gasteiger partial charge >= 0.3 is 5.97 Å². The Kier molecular flexibility index (Phi) is 1.90. The monoisotopic (exact) mass is 191 g/mol. The van der Waals surface area contributed by atoms with E-state index < -0.39 is 5.97 Å². The Morgan fingerprint density at radius 3 is 3.00 bits per heavy atom. The molecule has 0 amide bonds. The van der Waals surface area contributed by atoms with Crippen LogP contribution >= 0.6 is 0 Å². The molecule has 0 aromatic carbocycles. The predicted octanol–water partition coefficient (Wildman–Crippen LogP) is -0.245. The summed E-state index contributed by atoms with van der Waals surface area (Å²) >= 11 is 0. The topological polar surface area (TPSA) is 93.8 Å². The van der Waals surface area contributed by atoms with E-state index >= 15 is 0 Å². The highest BCUT2D eigenvalue weighted by Crippen LogP contribution is 2.00. The van der Waals surface area contributed by atoms with Crippen LogP contribution in [0, 0.1) is 0 Å². The van der Waals surface area contributed by atoms with Gasteiger partial charge in [0.1, 0.15) is 12.7 Å². The average molecular weight is 191 g/mol. The number of carboxylic acids is 1. The van der Waals surface area contributed by atoms with Crippen molar-refractivity contribution in [3.05, 3.63) is 30.7 Å². The first-order valence-corrected chi connectivity index (χ1v) is 3.69. The molecule has 0 saturated heterocycles. The second-order valence-electron chi connectivity index (χ2n) is 2.38. The minimum Gasteiger partial charge on any atom is -0.475 e. The lowest BCUT2D eigenvalue weighted by molar-refractivity contribution is 0.0683. The van der Waals surface area contributed by atoms with Crippen LogP contribution in [0.15, 0.2) is 24.9 Å². The lowest BCUT2D eigenvalue weighted by atomic mass is 10.5. The minimum absolute atomic E-state index is 0.266. The SMILES string of the molecule is O=C(O)c1nccc(-n2cncn2)n1. The van der Waals surface area contributed by atoms with Gasteiger partial charge in [0, 0.05) is 12.3 Å². The number of hydrogen-bond donors (Lipinski definition) is 1. The molecule has 0 aliphatic rings. The first kappa shape index (κ1) is 8.30. The molecule has 2 aromatic heterocycles. The molecule has 7 heteroatoms. The molecule has 0 unspecified atom stereocenters. The highest BCUT2D eigenvalue weighted by molar-refractivity contribution is 5.83. The second-order valence-corrected chi connectivity index (χ2v) is 2.38. The van der Waals surface area contributed by atoms with Crippen LogP contribution < -0.4 is 0 Å². The van der Waals surface area contributed by atoms with Gasteiger partial charge in [-0.2, -0.15) is 5.10 Å². The summed E-state index contributed by atoms with van der Waals surface area (Å²) in [7, 11) is 0. The van der Waals surface area contributed by atoms with Crippen LogP contribution in [0.5, 0.6) is 0 Å². The summed E-state index contributed by atoms with van der Waals surface area (Å²) in [5.74, 6) is -1.07. The lowest BCUT2D eigenvalue weighted by Crippen LogP contribution is -2.07. The van der Waals surface area contributed by atoms with Gasteiger partial charge in [-0.25, -0.2) is 24.4 Å². The third-order valence-electron chi connectivity index (χ3n) is 1.49. The molecule has 0 saturated carbocycles. The summed E-state index contributed by atoms with van der Waals surface area (Å²) < 4.78 is 1.36. The quantitative estimate of drug-likeness (QED) is 0.703. The number of aromatic carboxylic acids is 1. The first-order chi connectivity index (χ1) is 6.77. The Labute approximate surface area is 78.1 Å². The normalized spacial score (nSPS) is 10.0. The van der Waals surface area contributed by atoms with Crippen molar-refractivity contribution in [2.24, 2.45) is 0 Å². The van der Waals surface area contributed by atoms with Crippen LogP contribution in [0.2, 0.25) is 0 Å². The Balaban J connectivity index is 2.46. The molecule has 0 aliphatic heterocycles. The number of rotatable bonds is 2. The molecular formula is C7H5N5O2. The summed E-state index contributed by atoms with van der Waals surface area (Å²) in [6, 6.07) is 1.54. The number of aromatic nitrogens is 5. The number of carboxylic acid groups (broad SMARTS) is 1. The van der Waals surface area contributed by atoms with E-state index in [1.807, 2.05) is 0 Å². The van der Waals surface area contributed by atoms with Crippen molar-refractivity contribution in [1.82, 2.24) is 24.7 Å². The highest BCUT2D eigenvalue weighted by Gasteiger charge is 2.07. The van der Waals surface area contributed by atoms with E-state index in [1.54, 1.807) is 6.07 Å². The van der Waals surface area contributed by atoms with Crippen LogP contribution in [-0.2, 0) is 0 Å². The smallest absolute Gasteiger partial charge is 0.374 e. The van der Waals surface area contributed by atoms with Crippen molar-refractivity contribution >= 4 is 5.97 Å². The fourth-order valence-corrected chi connectivity index (χ4v) is 0.906. The van der Waals surface area contributed by atoms with Crippen LogP contribution in [0.1, 0.15) is 10.6 Å². The van der Waals surface area contributed by atoms with Gasteiger partial charge in [-0.15, -0.1) is 0 Å².